The number of hydrogen-bond acceptors (Lipinski definition) is 10. The number of carbonyl (C=O) groups excluding carboxylic acids is 1. The maximum absolute atomic E-state index is 15.4. The maximum Gasteiger partial charge on any atom is 0.344 e. The zero-order chi connectivity index (χ0) is 38.6. The van der Waals surface area contributed by atoms with E-state index in [2.05, 4.69) is 28.5 Å². The Balaban J connectivity index is 1.21. The summed E-state index contributed by atoms with van der Waals surface area (Å²) in [4.78, 5) is 31.5. The van der Waals surface area contributed by atoms with Gasteiger partial charge in [-0.15, -0.1) is 0 Å². The molecule has 294 valence electrons. The Morgan fingerprint density at radius 1 is 1.07 bits per heavy atom. The van der Waals surface area contributed by atoms with Gasteiger partial charge in [-0.2, -0.15) is 19.7 Å². The van der Waals surface area contributed by atoms with Crippen molar-refractivity contribution in [2.75, 3.05) is 70.6 Å². The first kappa shape index (κ1) is 37.4. The van der Waals surface area contributed by atoms with Crippen LogP contribution in [0.2, 0.25) is 0 Å². The molecule has 2 aromatic carbocycles. The van der Waals surface area contributed by atoms with Crippen molar-refractivity contribution in [3.63, 3.8) is 0 Å². The number of aryl methyl sites for hydroxylation is 1. The normalized spacial score (nSPS) is 22.0. The van der Waals surface area contributed by atoms with Gasteiger partial charge in [0.2, 0.25) is 0 Å². The summed E-state index contributed by atoms with van der Waals surface area (Å²) >= 11 is 0. The first-order valence-corrected chi connectivity index (χ1v) is 19.4. The summed E-state index contributed by atoms with van der Waals surface area (Å²) in [6, 6.07) is 7.29. The van der Waals surface area contributed by atoms with Crippen LogP contribution in [-0.2, 0) is 37.1 Å². The second-order valence-corrected chi connectivity index (χ2v) is 16.7. The molecule has 1 amide bonds. The second kappa shape index (κ2) is 14.5. The van der Waals surface area contributed by atoms with Crippen molar-refractivity contribution in [3.8, 4) is 11.8 Å². The van der Waals surface area contributed by atoms with Crippen LogP contribution in [0.15, 0.2) is 30.5 Å². The maximum atomic E-state index is 15.4. The molecule has 12 nitrogen and oxygen atoms in total. The van der Waals surface area contributed by atoms with Crippen molar-refractivity contribution >= 4 is 28.3 Å². The van der Waals surface area contributed by atoms with Gasteiger partial charge in [0.15, 0.2) is 6.79 Å². The predicted molar refractivity (Wildman–Crippen MR) is 206 cm³/mol. The molecule has 4 aliphatic rings. The highest BCUT2D eigenvalue weighted by atomic mass is 19.1. The molecule has 2 aromatic heterocycles. The van der Waals surface area contributed by atoms with Gasteiger partial charge < -0.3 is 28.9 Å². The fourth-order valence-electron chi connectivity index (χ4n) is 9.30. The summed E-state index contributed by atoms with van der Waals surface area (Å²) < 4.78 is 49.3. The smallest absolute Gasteiger partial charge is 0.344 e. The van der Waals surface area contributed by atoms with E-state index in [4.69, 9.17) is 29.3 Å². The number of ether oxygens (including phenoxy) is 3. The van der Waals surface area contributed by atoms with Crippen molar-refractivity contribution in [1.82, 2.24) is 29.5 Å². The second-order valence-electron chi connectivity index (χ2n) is 16.7. The minimum absolute atomic E-state index is 0.0884. The third-order valence-electron chi connectivity index (χ3n) is 11.8. The quantitative estimate of drug-likeness (QED) is 0.185. The molecule has 14 heteroatoms. The van der Waals surface area contributed by atoms with Crippen LogP contribution in [0.5, 0.6) is 11.8 Å². The Kier molecular flexibility index (Phi) is 9.85. The molecule has 0 radical (unpaired) electrons. The molecule has 0 aliphatic carbocycles. The highest BCUT2D eigenvalue weighted by molar-refractivity contribution is 5.98. The highest BCUT2D eigenvalue weighted by Gasteiger charge is 2.49. The number of hydrogen-bond donors (Lipinski definition) is 0. The van der Waals surface area contributed by atoms with Crippen LogP contribution in [0.4, 0.5) is 25.1 Å². The molecular formula is C41H52F2N8O4. The van der Waals surface area contributed by atoms with Crippen LogP contribution in [0.1, 0.15) is 68.1 Å². The van der Waals surface area contributed by atoms with Gasteiger partial charge in [-0.05, 0) is 67.1 Å². The number of rotatable bonds is 9. The number of amides is 1. The van der Waals surface area contributed by atoms with E-state index in [-0.39, 0.29) is 35.6 Å². The molecular weight excluding hydrogens is 706 g/mol. The lowest BCUT2D eigenvalue weighted by molar-refractivity contribution is 0.0512. The number of carbonyl (C=O) groups is 1. The number of aromatic nitrogens is 4. The highest BCUT2D eigenvalue weighted by Crippen LogP contribution is 2.43. The monoisotopic (exact) mass is 758 g/mol. The van der Waals surface area contributed by atoms with Crippen LogP contribution >= 0.6 is 0 Å². The first-order valence-electron chi connectivity index (χ1n) is 19.4. The Hall–Kier alpha value is -4.56. The average Bonchev–Trinajstić information content (AvgIpc) is 3.80. The van der Waals surface area contributed by atoms with Gasteiger partial charge in [0.05, 0.1) is 23.5 Å². The fraction of sp³-hybridized carbons (Fsp3) is 0.561. The third kappa shape index (κ3) is 7.07. The van der Waals surface area contributed by atoms with Gasteiger partial charge in [0, 0.05) is 88.3 Å². The number of nitrogens with zero attached hydrogens (tertiary/aromatic N) is 8. The summed E-state index contributed by atoms with van der Waals surface area (Å²) in [6.45, 7) is 10.4. The van der Waals surface area contributed by atoms with E-state index in [1.807, 2.05) is 25.3 Å². The lowest BCUT2D eigenvalue weighted by Gasteiger charge is -2.36. The number of benzene rings is 2. The van der Waals surface area contributed by atoms with E-state index < -0.39 is 6.17 Å². The third-order valence-corrected chi connectivity index (χ3v) is 11.8. The van der Waals surface area contributed by atoms with E-state index in [1.54, 1.807) is 27.3 Å². The van der Waals surface area contributed by atoms with E-state index in [0.717, 1.165) is 64.2 Å². The van der Waals surface area contributed by atoms with Gasteiger partial charge >= 0.3 is 12.0 Å². The van der Waals surface area contributed by atoms with Crippen molar-refractivity contribution in [3.05, 3.63) is 64.4 Å². The number of methoxy groups -OCH3 is 1. The van der Waals surface area contributed by atoms with Crippen LogP contribution in [0.3, 0.4) is 0 Å². The topological polar surface area (TPSA) is 101 Å². The van der Waals surface area contributed by atoms with Gasteiger partial charge in [0.25, 0.3) is 0 Å². The molecule has 0 saturated carbocycles. The molecule has 55 heavy (non-hydrogen) atoms. The number of halogens is 2. The van der Waals surface area contributed by atoms with Gasteiger partial charge in [-0.25, -0.2) is 13.6 Å². The molecule has 0 N–H and O–H groups in total. The molecule has 0 bridgehead atoms. The molecule has 8 rings (SSSR count). The number of alkyl halides is 1. The molecule has 0 unspecified atom stereocenters. The molecule has 4 aliphatic heterocycles. The predicted octanol–water partition coefficient (Wildman–Crippen LogP) is 6.15. The Morgan fingerprint density at radius 2 is 1.91 bits per heavy atom. The standard InChI is InChI=1S/C41H52F2N8O4/c1-7-30-32(43)10-9-26-15-29(55-25-53-6)16-35(36(26)30)48-14-11-31-34(22-48)44-38(54-24-41-12-8-13-50(41)21-28(42)17-41)45-37(31)49-19-27-20-51(39(52)47(4)5)46-33(27)18-40(2,3)23-49/h9-10,15-16,20,28H,7-8,11-14,17-19,21-25H2,1-6H3/t28-,41+/m1/s1. The molecule has 4 aromatic rings. The van der Waals surface area contributed by atoms with E-state index in [0.29, 0.717) is 76.3 Å². The van der Waals surface area contributed by atoms with Gasteiger partial charge in [-0.1, -0.05) is 26.8 Å². The Morgan fingerprint density at radius 3 is 2.69 bits per heavy atom. The summed E-state index contributed by atoms with van der Waals surface area (Å²) in [5.41, 5.74) is 4.70. The summed E-state index contributed by atoms with van der Waals surface area (Å²) in [7, 11) is 5.02. The van der Waals surface area contributed by atoms with Crippen molar-refractivity contribution in [2.45, 2.75) is 84.1 Å². The van der Waals surface area contributed by atoms with Crippen LogP contribution in [0, 0.1) is 11.2 Å². The molecule has 2 atom stereocenters. The SMILES string of the molecule is CCc1c(F)ccc2cc(OCOC)cc(N3CCc4c(nc(OC[C@@]56CCCN5C[C@H](F)C6)nc4N4Cc5cn(C(=O)N(C)C)nc5CC(C)(C)C4)C3)c12. The van der Waals surface area contributed by atoms with Gasteiger partial charge in [0.1, 0.15) is 30.2 Å². The largest absolute Gasteiger partial charge is 0.467 e. The van der Waals surface area contributed by atoms with Crippen molar-refractivity contribution < 1.29 is 27.8 Å². The lowest BCUT2D eigenvalue weighted by Crippen LogP contribution is -2.43. The number of fused-ring (bicyclic) bond motifs is 4. The lowest BCUT2D eigenvalue weighted by atomic mass is 9.87. The fourth-order valence-corrected chi connectivity index (χ4v) is 9.30. The zero-order valence-corrected chi connectivity index (χ0v) is 32.8. The van der Waals surface area contributed by atoms with E-state index >= 15 is 4.39 Å². The van der Waals surface area contributed by atoms with E-state index in [9.17, 15) is 9.18 Å². The van der Waals surface area contributed by atoms with E-state index in [1.165, 1.54) is 15.6 Å². The molecule has 2 fully saturated rings. The molecule has 2 saturated heterocycles. The summed E-state index contributed by atoms with van der Waals surface area (Å²) in [6.07, 6.45) is 5.17. The minimum Gasteiger partial charge on any atom is -0.467 e. The van der Waals surface area contributed by atoms with Crippen molar-refractivity contribution in [1.29, 1.82) is 0 Å². The zero-order valence-electron chi connectivity index (χ0n) is 32.8. The Labute approximate surface area is 321 Å². The summed E-state index contributed by atoms with van der Waals surface area (Å²) in [5.74, 6) is 1.20. The van der Waals surface area contributed by atoms with Crippen LogP contribution in [0.25, 0.3) is 10.8 Å². The van der Waals surface area contributed by atoms with Crippen LogP contribution in [-0.4, -0.2) is 108 Å². The Bertz CT molecular complexity index is 2110. The van der Waals surface area contributed by atoms with Gasteiger partial charge in [-0.3, -0.25) is 4.90 Å². The van der Waals surface area contributed by atoms with Crippen molar-refractivity contribution in [2.24, 2.45) is 5.41 Å². The minimum atomic E-state index is -0.873. The average molecular weight is 759 g/mol. The molecule has 6 heterocycles. The number of anilines is 2. The molecule has 0 spiro atoms. The summed E-state index contributed by atoms with van der Waals surface area (Å²) in [5, 5.41) is 6.48. The first-order chi connectivity index (χ1) is 26.4. The van der Waals surface area contributed by atoms with Crippen LogP contribution < -0.4 is 19.3 Å².